The van der Waals surface area contributed by atoms with Gasteiger partial charge in [0.25, 0.3) is 0 Å². The summed E-state index contributed by atoms with van der Waals surface area (Å²) in [5.74, 6) is -0.741. The molecule has 0 radical (unpaired) electrons. The van der Waals surface area contributed by atoms with Gasteiger partial charge in [0.05, 0.1) is 22.4 Å². The number of aromatic nitrogens is 1. The molecule has 0 N–H and O–H groups in total. The van der Waals surface area contributed by atoms with Gasteiger partial charge in [0.2, 0.25) is 15.3 Å². The molecule has 126 valence electrons. The van der Waals surface area contributed by atoms with Crippen LogP contribution in [0.15, 0.2) is 33.4 Å². The van der Waals surface area contributed by atoms with Crippen molar-refractivity contribution in [3.8, 4) is 0 Å². The van der Waals surface area contributed by atoms with Gasteiger partial charge < -0.3 is 9.30 Å². The second-order valence-electron chi connectivity index (χ2n) is 5.51. The number of ether oxygens (including phenoxy) is 1. The fourth-order valence-corrected chi connectivity index (χ4v) is 4.32. The van der Waals surface area contributed by atoms with Crippen molar-refractivity contribution in [1.29, 1.82) is 0 Å². The Morgan fingerprint density at radius 1 is 1.25 bits per heavy atom. The number of hydrogen-bond acceptors (Lipinski definition) is 5. The van der Waals surface area contributed by atoms with Crippen molar-refractivity contribution < 1.29 is 17.9 Å². The zero-order valence-corrected chi connectivity index (χ0v) is 14.2. The molecule has 2 aromatic rings. The van der Waals surface area contributed by atoms with E-state index in [1.807, 2.05) is 6.92 Å². The number of carbonyl (C=O) groups excluding carboxylic acids is 1. The van der Waals surface area contributed by atoms with Gasteiger partial charge >= 0.3 is 5.97 Å². The minimum absolute atomic E-state index is 0.0269. The Kier molecular flexibility index (Phi) is 4.04. The molecule has 1 aliphatic rings. The van der Waals surface area contributed by atoms with Gasteiger partial charge in [-0.25, -0.2) is 13.2 Å². The Balaban J connectivity index is 2.45. The molecule has 0 amide bonds. The SMILES string of the molecule is CCCn1cc(C(=O)OCC)c(=O)c2c3c(ccc21)C=CS3(=O)=O. The van der Waals surface area contributed by atoms with E-state index in [4.69, 9.17) is 4.74 Å². The topological polar surface area (TPSA) is 82.4 Å². The molecule has 0 saturated heterocycles. The van der Waals surface area contributed by atoms with Gasteiger partial charge in [-0.3, -0.25) is 4.79 Å². The summed E-state index contributed by atoms with van der Waals surface area (Å²) in [4.78, 5) is 24.9. The number of nitrogens with zero attached hydrogens (tertiary/aromatic N) is 1. The predicted molar refractivity (Wildman–Crippen MR) is 90.7 cm³/mol. The lowest BCUT2D eigenvalue weighted by Gasteiger charge is -2.14. The normalized spacial score (nSPS) is 14.8. The van der Waals surface area contributed by atoms with Crippen LogP contribution in [-0.4, -0.2) is 25.6 Å². The summed E-state index contributed by atoms with van der Waals surface area (Å²) in [6.07, 6.45) is 3.68. The number of aryl methyl sites for hydroxylation is 1. The number of esters is 1. The van der Waals surface area contributed by atoms with E-state index < -0.39 is 21.2 Å². The molecule has 3 rings (SSSR count). The average molecular weight is 347 g/mol. The molecule has 24 heavy (non-hydrogen) atoms. The lowest BCUT2D eigenvalue weighted by atomic mass is 10.1. The summed E-state index contributed by atoms with van der Waals surface area (Å²) in [5.41, 5.74) is 0.206. The zero-order chi connectivity index (χ0) is 17.5. The molecular formula is C17H17NO5S. The third-order valence-corrected chi connectivity index (χ3v) is 5.41. The number of hydrogen-bond donors (Lipinski definition) is 0. The highest BCUT2D eigenvalue weighted by molar-refractivity contribution is 7.95. The fourth-order valence-electron chi connectivity index (χ4n) is 2.91. The van der Waals surface area contributed by atoms with E-state index in [0.29, 0.717) is 17.6 Å². The Morgan fingerprint density at radius 2 is 2.00 bits per heavy atom. The number of rotatable bonds is 4. The molecule has 2 heterocycles. The van der Waals surface area contributed by atoms with Gasteiger partial charge in [-0.05, 0) is 31.1 Å². The molecule has 0 saturated carbocycles. The fraction of sp³-hybridized carbons (Fsp3) is 0.294. The van der Waals surface area contributed by atoms with Crippen LogP contribution in [0.25, 0.3) is 17.0 Å². The van der Waals surface area contributed by atoms with Crippen LogP contribution in [-0.2, 0) is 21.1 Å². The second-order valence-corrected chi connectivity index (χ2v) is 7.28. The summed E-state index contributed by atoms with van der Waals surface area (Å²) < 4.78 is 31.4. The van der Waals surface area contributed by atoms with Crippen molar-refractivity contribution in [2.45, 2.75) is 31.7 Å². The van der Waals surface area contributed by atoms with Crippen LogP contribution >= 0.6 is 0 Å². The minimum Gasteiger partial charge on any atom is -0.462 e. The van der Waals surface area contributed by atoms with Crippen LogP contribution < -0.4 is 5.43 Å². The Labute approximate surface area is 139 Å². The van der Waals surface area contributed by atoms with E-state index in [1.54, 1.807) is 23.6 Å². The maximum Gasteiger partial charge on any atom is 0.343 e. The Bertz CT molecular complexity index is 1030. The molecule has 0 fully saturated rings. The number of carbonyl (C=O) groups is 1. The molecule has 7 heteroatoms. The van der Waals surface area contributed by atoms with Gasteiger partial charge in [-0.15, -0.1) is 0 Å². The number of benzene rings is 1. The first-order valence-corrected chi connectivity index (χ1v) is 9.25. The van der Waals surface area contributed by atoms with Crippen LogP contribution in [0.1, 0.15) is 36.2 Å². The molecule has 6 nitrogen and oxygen atoms in total. The number of sulfone groups is 1. The van der Waals surface area contributed by atoms with Gasteiger partial charge in [0, 0.05) is 18.1 Å². The van der Waals surface area contributed by atoms with Crippen LogP contribution in [0, 0.1) is 0 Å². The predicted octanol–water partition coefficient (Wildman–Crippen LogP) is 2.35. The van der Waals surface area contributed by atoms with E-state index in [2.05, 4.69) is 0 Å². The zero-order valence-electron chi connectivity index (χ0n) is 13.4. The first-order valence-electron chi connectivity index (χ1n) is 7.71. The highest BCUT2D eigenvalue weighted by Gasteiger charge is 2.28. The van der Waals surface area contributed by atoms with Crippen molar-refractivity contribution in [3.05, 3.63) is 45.1 Å². The molecule has 0 atom stereocenters. The van der Waals surface area contributed by atoms with Gasteiger partial charge in [-0.2, -0.15) is 0 Å². The van der Waals surface area contributed by atoms with Crippen molar-refractivity contribution in [2.75, 3.05) is 6.61 Å². The van der Waals surface area contributed by atoms with E-state index in [1.165, 1.54) is 12.3 Å². The van der Waals surface area contributed by atoms with Gasteiger partial charge in [0.1, 0.15) is 5.56 Å². The third-order valence-electron chi connectivity index (χ3n) is 3.90. The highest BCUT2D eigenvalue weighted by Crippen LogP contribution is 2.32. The quantitative estimate of drug-likeness (QED) is 0.793. The van der Waals surface area contributed by atoms with Crippen molar-refractivity contribution in [2.24, 2.45) is 0 Å². The van der Waals surface area contributed by atoms with Crippen LogP contribution in [0.4, 0.5) is 0 Å². The van der Waals surface area contributed by atoms with E-state index in [-0.39, 0.29) is 22.5 Å². The maximum atomic E-state index is 12.8. The van der Waals surface area contributed by atoms with Gasteiger partial charge in [0.15, 0.2) is 0 Å². The van der Waals surface area contributed by atoms with Crippen molar-refractivity contribution >= 4 is 32.8 Å². The second kappa shape index (κ2) is 5.90. The molecule has 0 bridgehead atoms. The van der Waals surface area contributed by atoms with Crippen molar-refractivity contribution in [1.82, 2.24) is 4.57 Å². The average Bonchev–Trinajstić information content (AvgIpc) is 2.85. The molecule has 0 unspecified atom stereocenters. The first kappa shape index (κ1) is 16.4. The summed E-state index contributed by atoms with van der Waals surface area (Å²) in [5, 5.41) is 1.13. The standard InChI is InChI=1S/C17H17NO5S/c1-3-8-18-10-12(17(20)23-4-2)15(19)14-13(18)6-5-11-7-9-24(21,22)16(11)14/h5-7,9-10H,3-4,8H2,1-2H3. The summed E-state index contributed by atoms with van der Waals surface area (Å²) in [6, 6.07) is 3.39. The molecule has 1 aliphatic heterocycles. The highest BCUT2D eigenvalue weighted by atomic mass is 32.2. The van der Waals surface area contributed by atoms with Crippen LogP contribution in [0.3, 0.4) is 0 Å². The monoisotopic (exact) mass is 347 g/mol. The first-order chi connectivity index (χ1) is 11.4. The molecular weight excluding hydrogens is 330 g/mol. The molecule has 0 spiro atoms. The smallest absolute Gasteiger partial charge is 0.343 e. The third kappa shape index (κ3) is 2.45. The van der Waals surface area contributed by atoms with Gasteiger partial charge in [-0.1, -0.05) is 13.0 Å². The van der Waals surface area contributed by atoms with E-state index in [0.717, 1.165) is 11.8 Å². The van der Waals surface area contributed by atoms with Crippen LogP contribution in [0.2, 0.25) is 0 Å². The van der Waals surface area contributed by atoms with E-state index >= 15 is 0 Å². The number of pyridine rings is 1. The van der Waals surface area contributed by atoms with Crippen molar-refractivity contribution in [3.63, 3.8) is 0 Å². The summed E-state index contributed by atoms with van der Waals surface area (Å²) in [6.45, 7) is 4.29. The van der Waals surface area contributed by atoms with Crippen LogP contribution in [0.5, 0.6) is 0 Å². The number of fused-ring (bicyclic) bond motifs is 3. The summed E-state index contributed by atoms with van der Waals surface area (Å²) >= 11 is 0. The minimum atomic E-state index is -3.69. The Hall–Kier alpha value is -2.41. The molecule has 1 aromatic heterocycles. The summed E-state index contributed by atoms with van der Waals surface area (Å²) in [7, 11) is -3.69. The van der Waals surface area contributed by atoms with E-state index in [9.17, 15) is 18.0 Å². The molecule has 1 aromatic carbocycles. The lowest BCUT2D eigenvalue weighted by molar-refractivity contribution is 0.0524. The lowest BCUT2D eigenvalue weighted by Crippen LogP contribution is -2.22. The molecule has 0 aliphatic carbocycles. The largest absolute Gasteiger partial charge is 0.462 e. The maximum absolute atomic E-state index is 12.8. The Morgan fingerprint density at radius 3 is 2.67 bits per heavy atom.